The number of para-hydroxylation sites is 1. The van der Waals surface area contributed by atoms with E-state index in [2.05, 4.69) is 17.0 Å². The van der Waals surface area contributed by atoms with Crippen molar-refractivity contribution in [3.8, 4) is 11.4 Å². The second-order valence-corrected chi connectivity index (χ2v) is 11.3. The number of amides is 3. The van der Waals surface area contributed by atoms with Crippen molar-refractivity contribution in [2.24, 2.45) is 0 Å². The van der Waals surface area contributed by atoms with Crippen molar-refractivity contribution >= 4 is 17.7 Å². The summed E-state index contributed by atoms with van der Waals surface area (Å²) in [7, 11) is 0. The van der Waals surface area contributed by atoms with Gasteiger partial charge >= 0.3 is 6.18 Å². The van der Waals surface area contributed by atoms with E-state index in [0.717, 1.165) is 10.9 Å². The predicted molar refractivity (Wildman–Crippen MR) is 169 cm³/mol. The standard InChI is InChI=1S/C35H33F4N5O4/c1-4-30(45)43-17-16-42(21-23(43)3)34(47)31(25-11-10-22(2)29(36)18-25)48-28-14-12-24(13-15-28)33(46)40-19-26-20-41-44(32(26)35(37,38)39)27-8-6-5-7-9-27/h4-15,18,20,23,31H,1,16-17,19,21H2,2-3H3,(H,40,46)/t23-,31+/m1/s1. The molecule has 3 amide bonds. The van der Waals surface area contributed by atoms with Crippen molar-refractivity contribution in [1.82, 2.24) is 24.9 Å². The molecule has 5 rings (SSSR count). The summed E-state index contributed by atoms with van der Waals surface area (Å²) < 4.78 is 63.4. The molecule has 1 fully saturated rings. The van der Waals surface area contributed by atoms with Gasteiger partial charge in [-0.05, 0) is 68.0 Å². The van der Waals surface area contributed by atoms with Gasteiger partial charge < -0.3 is 19.9 Å². The number of piperazine rings is 1. The fourth-order valence-electron chi connectivity index (χ4n) is 5.48. The van der Waals surface area contributed by atoms with Gasteiger partial charge in [0.25, 0.3) is 11.8 Å². The number of carbonyl (C=O) groups excluding carboxylic acids is 3. The van der Waals surface area contributed by atoms with E-state index in [9.17, 15) is 31.9 Å². The lowest BCUT2D eigenvalue weighted by Crippen LogP contribution is -2.56. The quantitative estimate of drug-likeness (QED) is 0.185. The van der Waals surface area contributed by atoms with E-state index >= 15 is 0 Å². The molecular weight excluding hydrogens is 630 g/mol. The number of aryl methyl sites for hydroxylation is 1. The molecule has 1 saturated heterocycles. The van der Waals surface area contributed by atoms with Crippen molar-refractivity contribution in [2.75, 3.05) is 19.6 Å². The van der Waals surface area contributed by atoms with E-state index in [1.54, 1.807) is 47.1 Å². The summed E-state index contributed by atoms with van der Waals surface area (Å²) >= 11 is 0. The van der Waals surface area contributed by atoms with Gasteiger partial charge in [-0.3, -0.25) is 14.4 Å². The molecule has 2 atom stereocenters. The predicted octanol–water partition coefficient (Wildman–Crippen LogP) is 5.63. The molecule has 1 N–H and O–H groups in total. The summed E-state index contributed by atoms with van der Waals surface area (Å²) in [4.78, 5) is 42.0. The summed E-state index contributed by atoms with van der Waals surface area (Å²) in [6.45, 7) is 7.24. The van der Waals surface area contributed by atoms with Crippen LogP contribution in [0.25, 0.3) is 5.69 Å². The molecule has 0 radical (unpaired) electrons. The fourth-order valence-corrected chi connectivity index (χ4v) is 5.48. The Morgan fingerprint density at radius 1 is 1.06 bits per heavy atom. The molecule has 2 heterocycles. The molecule has 0 unspecified atom stereocenters. The summed E-state index contributed by atoms with van der Waals surface area (Å²) in [5.74, 6) is -1.64. The first-order valence-corrected chi connectivity index (χ1v) is 15.1. The molecule has 13 heteroatoms. The maximum absolute atomic E-state index is 14.6. The Bertz CT molecular complexity index is 1810. The third kappa shape index (κ3) is 7.40. The molecule has 0 aliphatic carbocycles. The number of hydrogen-bond acceptors (Lipinski definition) is 5. The highest BCUT2D eigenvalue weighted by atomic mass is 19.4. The zero-order valence-electron chi connectivity index (χ0n) is 26.2. The van der Waals surface area contributed by atoms with Gasteiger partial charge in [-0.15, -0.1) is 0 Å². The molecule has 0 bridgehead atoms. The lowest BCUT2D eigenvalue weighted by Gasteiger charge is -2.40. The van der Waals surface area contributed by atoms with Gasteiger partial charge in [-0.25, -0.2) is 9.07 Å². The number of ether oxygens (including phenoxy) is 1. The van der Waals surface area contributed by atoms with Crippen LogP contribution in [0.2, 0.25) is 0 Å². The van der Waals surface area contributed by atoms with E-state index in [1.807, 2.05) is 6.92 Å². The number of halogens is 4. The van der Waals surface area contributed by atoms with Gasteiger partial charge in [0.1, 0.15) is 11.6 Å². The van der Waals surface area contributed by atoms with Crippen LogP contribution in [-0.4, -0.2) is 63.0 Å². The van der Waals surface area contributed by atoms with Crippen LogP contribution in [0.4, 0.5) is 17.6 Å². The molecule has 3 aromatic carbocycles. The third-order valence-corrected chi connectivity index (χ3v) is 8.04. The number of rotatable bonds is 9. The van der Waals surface area contributed by atoms with Gasteiger partial charge in [-0.2, -0.15) is 18.3 Å². The second kappa shape index (κ2) is 14.1. The summed E-state index contributed by atoms with van der Waals surface area (Å²) in [5, 5.41) is 6.40. The maximum atomic E-state index is 14.6. The minimum absolute atomic E-state index is 0.132. The number of alkyl halides is 3. The molecular formula is C35H33F4N5O4. The zero-order valence-corrected chi connectivity index (χ0v) is 26.2. The van der Waals surface area contributed by atoms with Gasteiger partial charge in [0, 0.05) is 48.9 Å². The van der Waals surface area contributed by atoms with Crippen LogP contribution >= 0.6 is 0 Å². The highest BCUT2D eigenvalue weighted by Gasteiger charge is 2.39. The Morgan fingerprint density at radius 3 is 2.40 bits per heavy atom. The Morgan fingerprint density at radius 2 is 1.77 bits per heavy atom. The second-order valence-electron chi connectivity index (χ2n) is 11.3. The van der Waals surface area contributed by atoms with Crippen LogP contribution in [0.5, 0.6) is 5.75 Å². The highest BCUT2D eigenvalue weighted by Crippen LogP contribution is 2.34. The van der Waals surface area contributed by atoms with Crippen LogP contribution < -0.4 is 10.1 Å². The molecule has 0 spiro atoms. The average Bonchev–Trinajstić information content (AvgIpc) is 3.52. The summed E-state index contributed by atoms with van der Waals surface area (Å²) in [6, 6.07) is 17.6. The molecule has 4 aromatic rings. The Balaban J connectivity index is 1.31. The Hall–Kier alpha value is -5.46. The number of benzene rings is 3. The lowest BCUT2D eigenvalue weighted by atomic mass is 10.0. The maximum Gasteiger partial charge on any atom is 0.433 e. The molecule has 1 aliphatic heterocycles. The summed E-state index contributed by atoms with van der Waals surface area (Å²) in [5.41, 5.74) is -0.187. The summed E-state index contributed by atoms with van der Waals surface area (Å²) in [6.07, 6.45) is -3.68. The number of aromatic nitrogens is 2. The SMILES string of the molecule is C=CC(=O)N1CCN(C(=O)[C@@H](Oc2ccc(C(=O)NCc3cnn(-c4ccccc4)c3C(F)(F)F)cc2)c2ccc(C)c(F)c2)C[C@H]1C. The Kier molecular flexibility index (Phi) is 9.97. The third-order valence-electron chi connectivity index (χ3n) is 8.04. The minimum atomic E-state index is -4.73. The lowest BCUT2D eigenvalue weighted by molar-refractivity contribution is -0.145. The van der Waals surface area contributed by atoms with E-state index in [0.29, 0.717) is 5.56 Å². The van der Waals surface area contributed by atoms with E-state index < -0.39 is 42.2 Å². The fraction of sp³-hybridized carbons (Fsp3) is 0.257. The number of carbonyl (C=O) groups is 3. The highest BCUT2D eigenvalue weighted by molar-refractivity contribution is 5.94. The van der Waals surface area contributed by atoms with Crippen molar-refractivity contribution in [3.63, 3.8) is 0 Å². The molecule has 0 saturated carbocycles. The first-order valence-electron chi connectivity index (χ1n) is 15.1. The minimum Gasteiger partial charge on any atom is -0.476 e. The zero-order chi connectivity index (χ0) is 34.6. The van der Waals surface area contributed by atoms with Gasteiger partial charge in [0.2, 0.25) is 12.0 Å². The topological polar surface area (TPSA) is 96.8 Å². The van der Waals surface area contributed by atoms with Crippen LogP contribution in [0.15, 0.2) is 91.6 Å². The van der Waals surface area contributed by atoms with Gasteiger partial charge in [0.15, 0.2) is 5.69 Å². The number of hydrogen-bond donors (Lipinski definition) is 1. The number of nitrogens with zero attached hydrogens (tertiary/aromatic N) is 4. The average molecular weight is 664 g/mol. The normalized spacial score (nSPS) is 15.5. The number of nitrogens with one attached hydrogen (secondary N) is 1. The first-order chi connectivity index (χ1) is 22.9. The Labute approximate surface area is 274 Å². The smallest absolute Gasteiger partial charge is 0.433 e. The van der Waals surface area contributed by atoms with Gasteiger partial charge in [-0.1, -0.05) is 36.9 Å². The van der Waals surface area contributed by atoms with Crippen LogP contribution in [0.1, 0.15) is 45.8 Å². The van der Waals surface area contributed by atoms with Crippen LogP contribution in [-0.2, 0) is 22.3 Å². The van der Waals surface area contributed by atoms with Crippen molar-refractivity contribution < 1.29 is 36.7 Å². The van der Waals surface area contributed by atoms with E-state index in [4.69, 9.17) is 4.74 Å². The first kappa shape index (κ1) is 33.9. The molecule has 9 nitrogen and oxygen atoms in total. The van der Waals surface area contributed by atoms with Crippen molar-refractivity contribution in [1.29, 1.82) is 0 Å². The van der Waals surface area contributed by atoms with Crippen molar-refractivity contribution in [2.45, 2.75) is 38.7 Å². The molecule has 1 aliphatic rings. The largest absolute Gasteiger partial charge is 0.476 e. The molecule has 1 aromatic heterocycles. The molecule has 48 heavy (non-hydrogen) atoms. The van der Waals surface area contributed by atoms with Crippen LogP contribution in [0, 0.1) is 12.7 Å². The monoisotopic (exact) mass is 663 g/mol. The van der Waals surface area contributed by atoms with Crippen molar-refractivity contribution in [3.05, 3.63) is 125 Å². The van der Waals surface area contributed by atoms with E-state index in [-0.39, 0.29) is 59.7 Å². The van der Waals surface area contributed by atoms with Crippen LogP contribution in [0.3, 0.4) is 0 Å². The van der Waals surface area contributed by atoms with E-state index in [1.165, 1.54) is 48.5 Å². The van der Waals surface area contributed by atoms with Gasteiger partial charge in [0.05, 0.1) is 11.9 Å². The molecule has 250 valence electrons.